The van der Waals surface area contributed by atoms with Crippen molar-refractivity contribution in [2.45, 2.75) is 27.7 Å². The Morgan fingerprint density at radius 3 is 2.10 bits per heavy atom. The Kier molecular flexibility index (Phi) is 6.71. The summed E-state index contributed by atoms with van der Waals surface area (Å²) in [5.41, 5.74) is 7.18. The quantitative estimate of drug-likeness (QED) is 0.453. The Bertz CT molecular complexity index is 1140. The number of hydrogen-bond donors (Lipinski definition) is 2. The molecule has 0 aliphatic carbocycles. The number of amides is 1. The second kappa shape index (κ2) is 9.27. The maximum atomic E-state index is 12.2. The van der Waals surface area contributed by atoms with Crippen molar-refractivity contribution < 1.29 is 14.6 Å². The van der Waals surface area contributed by atoms with E-state index in [4.69, 9.17) is 16.3 Å². The van der Waals surface area contributed by atoms with E-state index in [1.165, 1.54) is 0 Å². The summed E-state index contributed by atoms with van der Waals surface area (Å²) in [5.74, 6) is 1.18. The van der Waals surface area contributed by atoms with Gasteiger partial charge in [0.1, 0.15) is 11.5 Å². The number of phenols is 1. The molecule has 1 aliphatic heterocycles. The summed E-state index contributed by atoms with van der Waals surface area (Å²) in [6.07, 6.45) is 1.89. The number of halogens is 1. The number of carbonyl (C=O) groups excluding carboxylic acids is 1. The monoisotopic (exact) mass is 435 g/mol. The first-order valence-electron chi connectivity index (χ1n) is 9.94. The van der Waals surface area contributed by atoms with Gasteiger partial charge in [0.25, 0.3) is 5.91 Å². The van der Waals surface area contributed by atoms with Crippen LogP contribution in [-0.4, -0.2) is 18.1 Å². The van der Waals surface area contributed by atoms with Gasteiger partial charge in [0.2, 0.25) is 0 Å². The van der Waals surface area contributed by atoms with Crippen LogP contribution >= 0.6 is 11.6 Å². The lowest BCUT2D eigenvalue weighted by atomic mass is 10.0. The van der Waals surface area contributed by atoms with Gasteiger partial charge in [0.05, 0.1) is 7.11 Å². The fourth-order valence-corrected chi connectivity index (χ4v) is 3.84. The minimum atomic E-state index is -0.108. The second-order valence-corrected chi connectivity index (χ2v) is 8.07. The highest BCUT2D eigenvalue weighted by Crippen LogP contribution is 2.35. The highest BCUT2D eigenvalue weighted by Gasteiger charge is 2.24. The van der Waals surface area contributed by atoms with Crippen molar-refractivity contribution >= 4 is 34.8 Å². The van der Waals surface area contributed by atoms with Crippen LogP contribution in [0.5, 0.6) is 11.5 Å². The van der Waals surface area contributed by atoms with Crippen LogP contribution < -0.4 is 10.1 Å². The lowest BCUT2D eigenvalue weighted by molar-refractivity contribution is -0.110. The molecule has 0 radical (unpaired) electrons. The lowest BCUT2D eigenvalue weighted by Gasteiger charge is -2.10. The van der Waals surface area contributed by atoms with Crippen LogP contribution in [0.4, 0.5) is 5.69 Å². The topological polar surface area (TPSA) is 58.6 Å². The zero-order valence-corrected chi connectivity index (χ0v) is 19.1. The van der Waals surface area contributed by atoms with E-state index in [1.807, 2.05) is 76.2 Å². The van der Waals surface area contributed by atoms with E-state index in [0.717, 1.165) is 44.8 Å². The molecule has 0 saturated heterocycles. The zero-order valence-electron chi connectivity index (χ0n) is 18.3. The fraction of sp³-hybridized carbons (Fsp3) is 0.192. The Hall–Kier alpha value is -3.24. The van der Waals surface area contributed by atoms with Gasteiger partial charge in [-0.3, -0.25) is 4.79 Å². The van der Waals surface area contributed by atoms with Crippen molar-refractivity contribution in [2.24, 2.45) is 0 Å². The number of fused-ring (bicyclic) bond motifs is 1. The minimum Gasteiger partial charge on any atom is -0.507 e. The van der Waals surface area contributed by atoms with Crippen LogP contribution in [0.25, 0.3) is 11.6 Å². The summed E-state index contributed by atoms with van der Waals surface area (Å²) in [7, 11) is 1.66. The molecule has 5 heteroatoms. The Morgan fingerprint density at radius 1 is 0.935 bits per heavy atom. The van der Waals surface area contributed by atoms with Crippen LogP contribution in [-0.2, 0) is 4.79 Å². The number of aryl methyl sites for hydroxylation is 4. The summed E-state index contributed by atoms with van der Waals surface area (Å²) < 4.78 is 5.38. The molecule has 4 rings (SSSR count). The van der Waals surface area contributed by atoms with Gasteiger partial charge < -0.3 is 15.2 Å². The van der Waals surface area contributed by atoms with E-state index in [1.54, 1.807) is 13.2 Å². The highest BCUT2D eigenvalue weighted by molar-refractivity contribution is 6.36. The largest absolute Gasteiger partial charge is 0.507 e. The van der Waals surface area contributed by atoms with Crippen molar-refractivity contribution in [1.82, 2.24) is 0 Å². The van der Waals surface area contributed by atoms with Gasteiger partial charge in [0, 0.05) is 21.8 Å². The van der Waals surface area contributed by atoms with Gasteiger partial charge in [-0.05, 0) is 91.9 Å². The molecular formula is C26H26ClNO3. The molecular weight excluding hydrogens is 410 g/mol. The summed E-state index contributed by atoms with van der Waals surface area (Å²) in [6.45, 7) is 7.77. The third kappa shape index (κ3) is 4.92. The fourth-order valence-electron chi connectivity index (χ4n) is 3.66. The van der Waals surface area contributed by atoms with Crippen LogP contribution in [0.15, 0.2) is 48.5 Å². The molecule has 4 nitrogen and oxygen atoms in total. The molecule has 1 amide bonds. The van der Waals surface area contributed by atoms with Crippen molar-refractivity contribution in [3.05, 3.63) is 86.9 Å². The molecule has 0 aromatic heterocycles. The molecule has 0 fully saturated rings. The number of methoxy groups -OCH3 is 1. The molecule has 0 atom stereocenters. The first kappa shape index (κ1) is 22.4. The molecule has 0 unspecified atom stereocenters. The van der Waals surface area contributed by atoms with E-state index < -0.39 is 0 Å². The number of rotatable bonds is 2. The number of phenolic OH excluding ortho intramolecular Hbond substituents is 1. The van der Waals surface area contributed by atoms with Crippen LogP contribution in [0, 0.1) is 27.7 Å². The number of aromatic hydroxyl groups is 1. The summed E-state index contributed by atoms with van der Waals surface area (Å²) in [4.78, 5) is 12.2. The number of ether oxygens (including phenoxy) is 1. The lowest BCUT2D eigenvalue weighted by Crippen LogP contribution is -2.03. The number of benzene rings is 3. The molecule has 3 aromatic carbocycles. The van der Waals surface area contributed by atoms with Crippen LogP contribution in [0.2, 0.25) is 5.02 Å². The molecule has 31 heavy (non-hydrogen) atoms. The average Bonchev–Trinajstić information content (AvgIpc) is 3.01. The number of carbonyl (C=O) groups is 1. The highest BCUT2D eigenvalue weighted by atomic mass is 35.5. The molecule has 1 heterocycles. The normalized spacial score (nSPS) is 13.4. The molecule has 1 aliphatic rings. The van der Waals surface area contributed by atoms with Gasteiger partial charge in [0.15, 0.2) is 0 Å². The molecule has 160 valence electrons. The van der Waals surface area contributed by atoms with Gasteiger partial charge >= 0.3 is 0 Å². The number of nitrogens with one attached hydrogen (secondary N) is 1. The Labute approximate surface area is 188 Å². The zero-order chi connectivity index (χ0) is 22.7. The van der Waals surface area contributed by atoms with Crippen molar-refractivity contribution in [2.75, 3.05) is 12.4 Å². The molecule has 0 saturated carbocycles. The second-order valence-electron chi connectivity index (χ2n) is 7.63. The summed E-state index contributed by atoms with van der Waals surface area (Å²) in [6, 6.07) is 15.1. The maximum Gasteiger partial charge on any atom is 0.256 e. The first-order chi connectivity index (χ1) is 14.7. The number of para-hydroxylation sites is 1. The smallest absolute Gasteiger partial charge is 0.256 e. The van der Waals surface area contributed by atoms with E-state index in [9.17, 15) is 9.90 Å². The van der Waals surface area contributed by atoms with Gasteiger partial charge in [-0.15, -0.1) is 0 Å². The van der Waals surface area contributed by atoms with Crippen LogP contribution in [0.3, 0.4) is 0 Å². The van der Waals surface area contributed by atoms with Gasteiger partial charge in [-0.2, -0.15) is 0 Å². The maximum absolute atomic E-state index is 12.2. The molecule has 0 bridgehead atoms. The standard InChI is InChI=1S/C18H16ClNO2.C8H10O/c1-10-6-12(7-11(2)17(10)22-3)8-15-14-9-13(19)4-5-16(14)20-18(15)21;1-6-4-3-5-7(2)8(6)9/h4-9H,1-3H3,(H,20,21);3-5,9H,1-2H3. The Balaban J connectivity index is 0.000000254. The van der Waals surface area contributed by atoms with Crippen molar-refractivity contribution in [3.63, 3.8) is 0 Å². The molecule has 0 spiro atoms. The number of anilines is 1. The predicted octanol–water partition coefficient (Wildman–Crippen LogP) is 6.47. The first-order valence-corrected chi connectivity index (χ1v) is 10.3. The van der Waals surface area contributed by atoms with Crippen LogP contribution in [0.1, 0.15) is 33.4 Å². The third-order valence-corrected chi connectivity index (χ3v) is 5.44. The van der Waals surface area contributed by atoms with Gasteiger partial charge in [-0.25, -0.2) is 0 Å². The average molecular weight is 436 g/mol. The van der Waals surface area contributed by atoms with E-state index in [2.05, 4.69) is 5.32 Å². The van der Waals surface area contributed by atoms with Gasteiger partial charge in [-0.1, -0.05) is 29.8 Å². The van der Waals surface area contributed by atoms with Crippen molar-refractivity contribution in [1.29, 1.82) is 0 Å². The van der Waals surface area contributed by atoms with E-state index >= 15 is 0 Å². The summed E-state index contributed by atoms with van der Waals surface area (Å²) >= 11 is 6.05. The minimum absolute atomic E-state index is 0.108. The predicted molar refractivity (Wildman–Crippen MR) is 128 cm³/mol. The Morgan fingerprint density at radius 2 is 1.55 bits per heavy atom. The molecule has 2 N–H and O–H groups in total. The summed E-state index contributed by atoms with van der Waals surface area (Å²) in [5, 5.41) is 12.7. The SMILES string of the molecule is COc1c(C)cc(C=C2C(=O)Nc3ccc(Cl)cc32)cc1C.Cc1cccc(C)c1O. The number of hydrogen-bond acceptors (Lipinski definition) is 3. The van der Waals surface area contributed by atoms with E-state index in [0.29, 0.717) is 16.3 Å². The molecule has 3 aromatic rings. The van der Waals surface area contributed by atoms with Crippen molar-refractivity contribution in [3.8, 4) is 11.5 Å². The van der Waals surface area contributed by atoms with E-state index in [-0.39, 0.29) is 5.91 Å². The third-order valence-electron chi connectivity index (χ3n) is 5.20.